The molecule has 0 aliphatic carbocycles. The van der Waals surface area contributed by atoms with Crippen molar-refractivity contribution in [2.24, 2.45) is 14.1 Å². The summed E-state index contributed by atoms with van der Waals surface area (Å²) >= 11 is 0. The number of non-ortho nitro benzene ring substituents is 1. The van der Waals surface area contributed by atoms with Crippen LogP contribution in [0.2, 0.25) is 0 Å². The second kappa shape index (κ2) is 7.65. The lowest BCUT2D eigenvalue weighted by Crippen LogP contribution is -2.36. The van der Waals surface area contributed by atoms with Crippen LogP contribution < -0.4 is 16.7 Å². The second-order valence-electron chi connectivity index (χ2n) is 7.43. The fourth-order valence-corrected chi connectivity index (χ4v) is 3.64. The van der Waals surface area contributed by atoms with Crippen LogP contribution in [0.1, 0.15) is 15.9 Å². The van der Waals surface area contributed by atoms with Gasteiger partial charge in [0, 0.05) is 37.4 Å². The van der Waals surface area contributed by atoms with Gasteiger partial charge in [-0.25, -0.2) is 4.79 Å². The van der Waals surface area contributed by atoms with E-state index in [4.69, 9.17) is 0 Å². The highest BCUT2D eigenvalue weighted by Gasteiger charge is 2.21. The third kappa shape index (κ3) is 3.37. The highest BCUT2D eigenvalue weighted by molar-refractivity contribution is 6.02. The fraction of sp³-hybridized carbons (Fsp3) is 0.136. The molecule has 0 aliphatic heterocycles. The monoisotopic (exact) mass is 433 g/mol. The summed E-state index contributed by atoms with van der Waals surface area (Å²) in [4.78, 5) is 48.8. The molecule has 0 fully saturated rings. The highest BCUT2D eigenvalue weighted by atomic mass is 16.6. The molecule has 0 saturated heterocycles. The number of aromatic nitrogens is 3. The van der Waals surface area contributed by atoms with Crippen molar-refractivity contribution >= 4 is 22.5 Å². The summed E-state index contributed by atoms with van der Waals surface area (Å²) in [5.41, 5.74) is 3.89. The van der Waals surface area contributed by atoms with Crippen LogP contribution in [0.4, 0.5) is 5.69 Å². The Labute approximate surface area is 181 Å². The van der Waals surface area contributed by atoms with Crippen molar-refractivity contribution in [3.05, 3.63) is 96.8 Å². The summed E-state index contributed by atoms with van der Waals surface area (Å²) in [6, 6.07) is 12.7. The minimum Gasteiger partial charge on any atom is -0.295 e. The number of nitrogens with one attached hydrogen (secondary N) is 1. The van der Waals surface area contributed by atoms with Gasteiger partial charge in [0.25, 0.3) is 17.2 Å². The Bertz CT molecular complexity index is 1530. The fourth-order valence-electron chi connectivity index (χ4n) is 3.64. The van der Waals surface area contributed by atoms with Gasteiger partial charge >= 0.3 is 5.69 Å². The van der Waals surface area contributed by atoms with Gasteiger partial charge in [0.15, 0.2) is 0 Å². The Morgan fingerprint density at radius 1 is 1.03 bits per heavy atom. The Kier molecular flexibility index (Phi) is 4.97. The Morgan fingerprint density at radius 2 is 1.75 bits per heavy atom. The summed E-state index contributed by atoms with van der Waals surface area (Å²) in [5.74, 6) is -0.607. The Morgan fingerprint density at radius 3 is 2.44 bits per heavy atom. The van der Waals surface area contributed by atoms with E-state index >= 15 is 0 Å². The first-order valence-electron chi connectivity index (χ1n) is 9.63. The zero-order valence-electron chi connectivity index (χ0n) is 17.5. The molecule has 162 valence electrons. The number of amides is 1. The van der Waals surface area contributed by atoms with Crippen LogP contribution >= 0.6 is 0 Å². The molecule has 0 unspecified atom stereocenters. The van der Waals surface area contributed by atoms with Crippen molar-refractivity contribution in [3.63, 3.8) is 0 Å². The molecule has 2 aromatic carbocycles. The summed E-state index contributed by atoms with van der Waals surface area (Å²) in [6.45, 7) is 1.90. The number of nitrogens with zero attached hydrogens (tertiary/aromatic N) is 4. The highest BCUT2D eigenvalue weighted by Crippen LogP contribution is 2.28. The summed E-state index contributed by atoms with van der Waals surface area (Å²) in [5, 5.41) is 11.3. The molecule has 32 heavy (non-hydrogen) atoms. The average Bonchev–Trinajstić information content (AvgIpc) is 3.15. The Hall–Kier alpha value is -4.47. The normalized spacial score (nSPS) is 11.0. The minimum atomic E-state index is -0.607. The molecule has 0 bridgehead atoms. The van der Waals surface area contributed by atoms with Gasteiger partial charge < -0.3 is 0 Å². The van der Waals surface area contributed by atoms with Crippen molar-refractivity contribution < 1.29 is 9.72 Å². The number of fused-ring (bicyclic) bond motifs is 1. The van der Waals surface area contributed by atoms with E-state index in [2.05, 4.69) is 5.43 Å². The molecule has 1 amide bonds. The number of aryl methyl sites for hydroxylation is 2. The zero-order valence-corrected chi connectivity index (χ0v) is 17.5. The van der Waals surface area contributed by atoms with E-state index in [1.165, 1.54) is 53.8 Å². The van der Waals surface area contributed by atoms with E-state index in [0.717, 1.165) is 10.1 Å². The quantitative estimate of drug-likeness (QED) is 0.391. The van der Waals surface area contributed by atoms with E-state index in [1.54, 1.807) is 6.07 Å². The number of benzene rings is 2. The van der Waals surface area contributed by atoms with Gasteiger partial charge in [-0.15, -0.1) is 0 Å². The molecule has 2 aromatic heterocycles. The molecule has 0 atom stereocenters. The van der Waals surface area contributed by atoms with Crippen molar-refractivity contribution in [1.29, 1.82) is 0 Å². The third-order valence-electron chi connectivity index (χ3n) is 5.27. The van der Waals surface area contributed by atoms with Gasteiger partial charge in [0.2, 0.25) is 0 Å². The largest absolute Gasteiger partial charge is 0.330 e. The van der Waals surface area contributed by atoms with Gasteiger partial charge in [-0.1, -0.05) is 29.8 Å². The zero-order chi connectivity index (χ0) is 23.2. The van der Waals surface area contributed by atoms with Crippen molar-refractivity contribution in [2.45, 2.75) is 6.92 Å². The molecule has 0 radical (unpaired) electrons. The van der Waals surface area contributed by atoms with Crippen LogP contribution in [0, 0.1) is 17.0 Å². The first-order chi connectivity index (χ1) is 15.2. The van der Waals surface area contributed by atoms with E-state index in [1.807, 2.05) is 25.1 Å². The standard InChI is InChI=1S/C22H19N5O5/c1-13-6-4-7-14(10-13)19-18-17(24(2)22(30)25(3)21(18)29)12-26(19)23-20(28)15-8-5-9-16(11-15)27(31)32/h4-12H,1-3H3,(H,23,28). The molecule has 0 spiro atoms. The van der Waals surface area contributed by atoms with Crippen LogP contribution in [0.15, 0.2) is 64.3 Å². The number of nitro groups is 1. The van der Waals surface area contributed by atoms with Crippen LogP contribution in [-0.2, 0) is 14.1 Å². The van der Waals surface area contributed by atoms with Gasteiger partial charge in [-0.05, 0) is 19.1 Å². The van der Waals surface area contributed by atoms with Gasteiger partial charge in [0.1, 0.15) is 0 Å². The topological polar surface area (TPSA) is 121 Å². The molecule has 4 rings (SSSR count). The average molecular weight is 433 g/mol. The first-order valence-corrected chi connectivity index (χ1v) is 9.63. The summed E-state index contributed by atoms with van der Waals surface area (Å²) < 4.78 is 3.71. The molecule has 0 aliphatic rings. The maximum Gasteiger partial charge on any atom is 0.330 e. The Balaban J connectivity index is 1.95. The SMILES string of the molecule is Cc1cccc(-c2c3c(=O)n(C)c(=O)n(C)c3cn2NC(=O)c2cccc([N+](=O)[O-])c2)c1. The lowest BCUT2D eigenvalue weighted by atomic mass is 10.1. The molecule has 10 nitrogen and oxygen atoms in total. The van der Waals surface area contributed by atoms with E-state index in [9.17, 15) is 24.5 Å². The van der Waals surface area contributed by atoms with Crippen LogP contribution in [0.5, 0.6) is 0 Å². The molecular formula is C22H19N5O5. The minimum absolute atomic E-state index is 0.0777. The summed E-state index contributed by atoms with van der Waals surface area (Å²) in [6.07, 6.45) is 1.49. The number of carbonyl (C=O) groups excluding carboxylic acids is 1. The van der Waals surface area contributed by atoms with Gasteiger partial charge in [0.05, 0.1) is 27.7 Å². The number of nitro benzene ring substituents is 1. The maximum atomic E-state index is 13.0. The van der Waals surface area contributed by atoms with Crippen LogP contribution in [-0.4, -0.2) is 24.6 Å². The third-order valence-corrected chi connectivity index (χ3v) is 5.27. The van der Waals surface area contributed by atoms with Crippen molar-refractivity contribution in [1.82, 2.24) is 13.8 Å². The number of rotatable bonds is 4. The van der Waals surface area contributed by atoms with Crippen molar-refractivity contribution in [3.8, 4) is 11.3 Å². The number of carbonyl (C=O) groups is 1. The van der Waals surface area contributed by atoms with Gasteiger partial charge in [-0.2, -0.15) is 0 Å². The van der Waals surface area contributed by atoms with E-state index < -0.39 is 22.1 Å². The maximum absolute atomic E-state index is 13.0. The summed E-state index contributed by atoms with van der Waals surface area (Å²) in [7, 11) is 2.93. The van der Waals surface area contributed by atoms with E-state index in [0.29, 0.717) is 16.8 Å². The lowest BCUT2D eigenvalue weighted by Gasteiger charge is -2.12. The molecule has 10 heteroatoms. The van der Waals surface area contributed by atoms with Crippen LogP contribution in [0.3, 0.4) is 0 Å². The second-order valence-corrected chi connectivity index (χ2v) is 7.43. The van der Waals surface area contributed by atoms with E-state index in [-0.39, 0.29) is 16.6 Å². The lowest BCUT2D eigenvalue weighted by molar-refractivity contribution is -0.384. The molecule has 1 N–H and O–H groups in total. The first kappa shape index (κ1) is 20.8. The van der Waals surface area contributed by atoms with Crippen molar-refractivity contribution in [2.75, 3.05) is 5.43 Å². The number of hydrogen-bond donors (Lipinski definition) is 1. The molecule has 2 heterocycles. The van der Waals surface area contributed by atoms with Gasteiger partial charge in [-0.3, -0.25) is 38.9 Å². The molecular weight excluding hydrogens is 414 g/mol. The molecule has 0 saturated carbocycles. The predicted octanol–water partition coefficient (Wildman–Crippen LogP) is 2.31. The predicted molar refractivity (Wildman–Crippen MR) is 119 cm³/mol. The van der Waals surface area contributed by atoms with Crippen LogP contribution in [0.25, 0.3) is 22.2 Å². The number of hydrogen-bond acceptors (Lipinski definition) is 5. The molecule has 4 aromatic rings. The smallest absolute Gasteiger partial charge is 0.295 e.